The number of carbonyl (C=O) groups excluding carboxylic acids is 1. The van der Waals surface area contributed by atoms with Crippen molar-refractivity contribution in [2.75, 3.05) is 0 Å². The number of benzene rings is 1. The lowest BCUT2D eigenvalue weighted by atomic mass is 10.0. The molecule has 5 rings (SSSR count). The molecular weight excluding hydrogens is 425 g/mol. The van der Waals surface area contributed by atoms with Crippen molar-refractivity contribution < 1.29 is 22.5 Å². The van der Waals surface area contributed by atoms with Crippen molar-refractivity contribution >= 4 is 5.91 Å². The van der Waals surface area contributed by atoms with Gasteiger partial charge in [0, 0.05) is 17.8 Å². The Hall–Kier alpha value is -4.02. The van der Waals surface area contributed by atoms with Gasteiger partial charge < -0.3 is 9.84 Å². The molecular formula is C21H15F3N6O2. The summed E-state index contributed by atoms with van der Waals surface area (Å²) in [6.07, 6.45) is 2.49. The molecule has 1 aromatic carbocycles. The number of nitrogens with one attached hydrogen (secondary N) is 1. The Balaban J connectivity index is 1.49. The summed E-state index contributed by atoms with van der Waals surface area (Å²) in [5.41, 5.74) is 0.389. The summed E-state index contributed by atoms with van der Waals surface area (Å²) >= 11 is 0. The SMILES string of the molecule is O=C(NC1CC1)c1cnc(-n2cnc(-c3c(-c4ccccc4)noc3C(F)(F)F)c2)cn1. The van der Waals surface area contributed by atoms with Crippen LogP contribution in [0.3, 0.4) is 0 Å². The molecule has 3 aromatic heterocycles. The molecule has 1 N–H and O–H groups in total. The average molecular weight is 440 g/mol. The molecule has 32 heavy (non-hydrogen) atoms. The maximum absolute atomic E-state index is 13.6. The molecule has 0 unspecified atom stereocenters. The second-order valence-corrected chi connectivity index (χ2v) is 7.27. The Labute approximate surface area is 179 Å². The van der Waals surface area contributed by atoms with Gasteiger partial charge in [-0.25, -0.2) is 15.0 Å². The average Bonchev–Trinajstić information content (AvgIpc) is 3.27. The van der Waals surface area contributed by atoms with Crippen LogP contribution in [0, 0.1) is 0 Å². The molecule has 1 saturated carbocycles. The van der Waals surface area contributed by atoms with Crippen LogP contribution < -0.4 is 5.32 Å². The maximum Gasteiger partial charge on any atom is 0.453 e. The second-order valence-electron chi connectivity index (χ2n) is 7.27. The normalized spacial score (nSPS) is 13.8. The Morgan fingerprint density at radius 3 is 2.53 bits per heavy atom. The van der Waals surface area contributed by atoms with E-state index in [0.29, 0.717) is 5.56 Å². The van der Waals surface area contributed by atoms with Crippen molar-refractivity contribution in [3.63, 3.8) is 0 Å². The largest absolute Gasteiger partial charge is 0.453 e. The zero-order valence-corrected chi connectivity index (χ0v) is 16.4. The fourth-order valence-corrected chi connectivity index (χ4v) is 3.15. The summed E-state index contributed by atoms with van der Waals surface area (Å²) in [5, 5.41) is 6.46. The molecule has 0 aliphatic heterocycles. The molecule has 3 heterocycles. The van der Waals surface area contributed by atoms with Gasteiger partial charge in [-0.3, -0.25) is 9.36 Å². The Bertz CT molecular complexity index is 1260. The summed E-state index contributed by atoms with van der Waals surface area (Å²) in [6, 6.07) is 8.58. The van der Waals surface area contributed by atoms with Crippen LogP contribution in [0.4, 0.5) is 13.2 Å². The van der Waals surface area contributed by atoms with Crippen molar-refractivity contribution in [2.45, 2.75) is 25.1 Å². The third-order valence-corrected chi connectivity index (χ3v) is 4.88. The molecule has 4 aromatic rings. The topological polar surface area (TPSA) is 98.7 Å². The summed E-state index contributed by atoms with van der Waals surface area (Å²) < 4.78 is 46.8. The second kappa shape index (κ2) is 7.59. The van der Waals surface area contributed by atoms with Crippen LogP contribution in [0.2, 0.25) is 0 Å². The van der Waals surface area contributed by atoms with Crippen molar-refractivity contribution in [3.05, 3.63) is 66.7 Å². The molecule has 11 heteroatoms. The first kappa shape index (κ1) is 19.9. The number of carbonyl (C=O) groups is 1. The standard InChI is InChI=1S/C21H15F3N6O2/c22-21(23,24)19-17(18(29-32-19)12-4-2-1-3-5-12)15-10-30(11-27-15)16-9-25-14(8-26-16)20(31)28-13-6-7-13/h1-5,8-11,13H,6-7H2,(H,28,31). The van der Waals surface area contributed by atoms with Crippen molar-refractivity contribution in [1.29, 1.82) is 0 Å². The van der Waals surface area contributed by atoms with Crippen molar-refractivity contribution in [2.24, 2.45) is 0 Å². The first-order valence-electron chi connectivity index (χ1n) is 9.70. The highest BCUT2D eigenvalue weighted by Crippen LogP contribution is 2.42. The Morgan fingerprint density at radius 2 is 1.88 bits per heavy atom. The summed E-state index contributed by atoms with van der Waals surface area (Å²) in [6.45, 7) is 0. The molecule has 0 bridgehead atoms. The van der Waals surface area contributed by atoms with E-state index < -0.39 is 11.9 Å². The van der Waals surface area contributed by atoms with E-state index in [1.54, 1.807) is 30.3 Å². The minimum absolute atomic E-state index is 0.00906. The molecule has 162 valence electrons. The van der Waals surface area contributed by atoms with Gasteiger partial charge in [-0.05, 0) is 12.8 Å². The van der Waals surface area contributed by atoms with Crippen LogP contribution in [0.25, 0.3) is 28.3 Å². The Morgan fingerprint density at radius 1 is 1.09 bits per heavy atom. The number of amides is 1. The van der Waals surface area contributed by atoms with Gasteiger partial charge in [-0.2, -0.15) is 13.2 Å². The number of hydrogen-bond acceptors (Lipinski definition) is 6. The Kier molecular flexibility index (Phi) is 4.72. The fourth-order valence-electron chi connectivity index (χ4n) is 3.15. The van der Waals surface area contributed by atoms with E-state index >= 15 is 0 Å². The quantitative estimate of drug-likeness (QED) is 0.506. The van der Waals surface area contributed by atoms with Crippen LogP contribution in [-0.2, 0) is 6.18 Å². The van der Waals surface area contributed by atoms with E-state index in [1.165, 1.54) is 29.5 Å². The fraction of sp³-hybridized carbons (Fsp3) is 0.190. The highest BCUT2D eigenvalue weighted by atomic mass is 19.4. The molecule has 8 nitrogen and oxygen atoms in total. The number of alkyl halides is 3. The highest BCUT2D eigenvalue weighted by Gasteiger charge is 2.41. The van der Waals surface area contributed by atoms with Gasteiger partial charge in [-0.1, -0.05) is 35.5 Å². The lowest BCUT2D eigenvalue weighted by Crippen LogP contribution is -2.26. The molecule has 1 amide bonds. The monoisotopic (exact) mass is 440 g/mol. The molecule has 1 fully saturated rings. The van der Waals surface area contributed by atoms with Crippen molar-refractivity contribution in [3.8, 4) is 28.3 Å². The minimum atomic E-state index is -4.75. The smallest absolute Gasteiger partial charge is 0.350 e. The summed E-state index contributed by atoms with van der Waals surface area (Å²) in [5.74, 6) is -1.26. The lowest BCUT2D eigenvalue weighted by molar-refractivity contribution is -0.154. The van der Waals surface area contributed by atoms with Crippen LogP contribution >= 0.6 is 0 Å². The van der Waals surface area contributed by atoms with Crippen LogP contribution in [-0.4, -0.2) is 36.6 Å². The van der Waals surface area contributed by atoms with E-state index in [1.807, 2.05) is 0 Å². The zero-order chi connectivity index (χ0) is 22.3. The van der Waals surface area contributed by atoms with Gasteiger partial charge in [0.1, 0.15) is 17.7 Å². The number of imidazole rings is 1. The first-order chi connectivity index (χ1) is 15.4. The number of aromatic nitrogens is 5. The number of rotatable bonds is 5. The van der Waals surface area contributed by atoms with E-state index in [9.17, 15) is 18.0 Å². The highest BCUT2D eigenvalue weighted by molar-refractivity contribution is 5.92. The van der Waals surface area contributed by atoms with E-state index in [2.05, 4.69) is 29.9 Å². The molecule has 0 radical (unpaired) electrons. The first-order valence-corrected chi connectivity index (χ1v) is 9.70. The molecule has 0 spiro atoms. The maximum atomic E-state index is 13.6. The van der Waals surface area contributed by atoms with Crippen LogP contribution in [0.15, 0.2) is 59.8 Å². The van der Waals surface area contributed by atoms with Gasteiger partial charge >= 0.3 is 6.18 Å². The summed E-state index contributed by atoms with van der Waals surface area (Å²) in [4.78, 5) is 24.4. The van der Waals surface area contributed by atoms with Crippen molar-refractivity contribution in [1.82, 2.24) is 30.0 Å². The number of halogens is 3. The van der Waals surface area contributed by atoms with Gasteiger partial charge in [0.05, 0.1) is 23.7 Å². The molecule has 0 atom stereocenters. The third-order valence-electron chi connectivity index (χ3n) is 4.88. The zero-order valence-electron chi connectivity index (χ0n) is 16.4. The lowest BCUT2D eigenvalue weighted by Gasteiger charge is -2.05. The minimum Gasteiger partial charge on any atom is -0.350 e. The number of nitrogens with zero attached hydrogens (tertiary/aromatic N) is 5. The van der Waals surface area contributed by atoms with Crippen LogP contribution in [0.5, 0.6) is 0 Å². The van der Waals surface area contributed by atoms with Gasteiger partial charge in [0.25, 0.3) is 5.91 Å². The van der Waals surface area contributed by atoms with Gasteiger partial charge in [0.2, 0.25) is 5.76 Å². The van der Waals surface area contributed by atoms with E-state index in [-0.39, 0.29) is 40.4 Å². The van der Waals surface area contributed by atoms with E-state index in [4.69, 9.17) is 0 Å². The van der Waals surface area contributed by atoms with Gasteiger partial charge in [0.15, 0.2) is 5.82 Å². The van der Waals surface area contributed by atoms with Crippen LogP contribution in [0.1, 0.15) is 29.1 Å². The molecule has 1 aliphatic carbocycles. The third kappa shape index (κ3) is 3.84. The molecule has 1 aliphatic rings. The van der Waals surface area contributed by atoms with Gasteiger partial charge in [-0.15, -0.1) is 0 Å². The molecule has 0 saturated heterocycles. The van der Waals surface area contributed by atoms with E-state index in [0.717, 1.165) is 12.8 Å². The predicted molar refractivity (Wildman–Crippen MR) is 106 cm³/mol. The predicted octanol–water partition coefficient (Wildman–Crippen LogP) is 3.90. The summed E-state index contributed by atoms with van der Waals surface area (Å²) in [7, 11) is 0. The number of hydrogen-bond donors (Lipinski definition) is 1.